The van der Waals surface area contributed by atoms with E-state index in [0.717, 1.165) is 0 Å². The van der Waals surface area contributed by atoms with Gasteiger partial charge in [0.1, 0.15) is 0 Å². The molecule has 0 unspecified atom stereocenters. The van der Waals surface area contributed by atoms with Gasteiger partial charge in [0, 0.05) is 5.56 Å². The van der Waals surface area contributed by atoms with Crippen molar-refractivity contribution in [1.82, 2.24) is 0 Å². The lowest BCUT2D eigenvalue weighted by atomic mass is 10.0. The molecule has 0 bridgehead atoms. The highest BCUT2D eigenvalue weighted by Gasteiger charge is 2.73. The van der Waals surface area contributed by atoms with Crippen LogP contribution in [-0.2, 0) is 12.1 Å². The van der Waals surface area contributed by atoms with Gasteiger partial charge in [-0.05, 0) is 12.1 Å². The number of rotatable bonds is 2. The van der Waals surface area contributed by atoms with Crippen LogP contribution in [0.2, 0.25) is 0 Å². The van der Waals surface area contributed by atoms with Crippen molar-refractivity contribution in [2.75, 3.05) is 0 Å². The molecule has 0 spiro atoms. The molecule has 0 saturated heterocycles. The Kier molecular flexibility index (Phi) is 3.75. The van der Waals surface area contributed by atoms with Gasteiger partial charge in [-0.3, -0.25) is 0 Å². The van der Waals surface area contributed by atoms with Gasteiger partial charge in [0.25, 0.3) is 0 Å². The minimum absolute atomic E-state index is 0.00427. The molecule has 0 aliphatic heterocycles. The van der Waals surface area contributed by atoms with Gasteiger partial charge in [0.05, 0.1) is 5.56 Å². The van der Waals surface area contributed by atoms with Gasteiger partial charge in [-0.2, -0.15) is 43.9 Å². The Labute approximate surface area is 105 Å². The normalized spacial score (nSPS) is 14.5. The fraction of sp³-hybridized carbons (Fsp3) is 0.400. The summed E-state index contributed by atoms with van der Waals surface area (Å²) in [6.07, 6.45) is -11.5. The summed E-state index contributed by atoms with van der Waals surface area (Å²) in [6.45, 7) is 0. The van der Waals surface area contributed by atoms with Crippen molar-refractivity contribution < 1.29 is 43.9 Å². The van der Waals surface area contributed by atoms with Crippen molar-refractivity contribution in [3.63, 3.8) is 0 Å². The Balaban J connectivity index is 3.24. The zero-order valence-corrected chi connectivity index (χ0v) is 9.09. The number of hydrogen-bond donors (Lipinski definition) is 0. The first-order valence-corrected chi connectivity index (χ1v) is 4.71. The molecule has 0 nitrogen and oxygen atoms in total. The minimum atomic E-state index is -6.54. The highest BCUT2D eigenvalue weighted by atomic mass is 19.4. The summed E-state index contributed by atoms with van der Waals surface area (Å²) < 4.78 is 123. The van der Waals surface area contributed by atoms with E-state index < -0.39 is 35.3 Å². The van der Waals surface area contributed by atoms with Crippen LogP contribution in [-0.4, -0.2) is 12.1 Å². The standard InChI is InChI=1S/C10H4F10/c11-7(12,9(16,17)10(18,19)20)5-1-3-6(4-2-5)8(13,14)15/h1-4H. The molecule has 1 aromatic rings. The van der Waals surface area contributed by atoms with Crippen LogP contribution in [0.1, 0.15) is 11.1 Å². The second-order valence-electron chi connectivity index (χ2n) is 3.72. The van der Waals surface area contributed by atoms with Crippen molar-refractivity contribution in [2.45, 2.75) is 24.2 Å². The Morgan fingerprint density at radius 3 is 1.20 bits per heavy atom. The van der Waals surface area contributed by atoms with Crippen LogP contribution in [0.4, 0.5) is 43.9 Å². The van der Waals surface area contributed by atoms with E-state index in [0.29, 0.717) is 0 Å². The largest absolute Gasteiger partial charge is 0.460 e. The lowest BCUT2D eigenvalue weighted by Gasteiger charge is -2.28. The number of hydrogen-bond acceptors (Lipinski definition) is 0. The Hall–Kier alpha value is -1.48. The molecule has 20 heavy (non-hydrogen) atoms. The third-order valence-electron chi connectivity index (χ3n) is 2.33. The van der Waals surface area contributed by atoms with E-state index >= 15 is 0 Å². The molecule has 0 saturated carbocycles. The Morgan fingerprint density at radius 2 is 0.900 bits per heavy atom. The van der Waals surface area contributed by atoms with Gasteiger partial charge in [-0.25, -0.2) is 0 Å². The van der Waals surface area contributed by atoms with Crippen molar-refractivity contribution >= 4 is 0 Å². The van der Waals surface area contributed by atoms with Crippen molar-refractivity contribution in [3.8, 4) is 0 Å². The molecule has 0 aromatic heterocycles. The van der Waals surface area contributed by atoms with Crippen molar-refractivity contribution in [3.05, 3.63) is 35.4 Å². The second-order valence-corrected chi connectivity index (χ2v) is 3.72. The predicted molar refractivity (Wildman–Crippen MR) is 46.3 cm³/mol. The van der Waals surface area contributed by atoms with E-state index in [-0.39, 0.29) is 24.3 Å². The van der Waals surface area contributed by atoms with Crippen LogP contribution >= 0.6 is 0 Å². The van der Waals surface area contributed by atoms with Gasteiger partial charge in [-0.1, -0.05) is 12.1 Å². The van der Waals surface area contributed by atoms with E-state index in [9.17, 15) is 43.9 Å². The van der Waals surface area contributed by atoms with E-state index in [1.165, 1.54) is 0 Å². The van der Waals surface area contributed by atoms with Crippen LogP contribution in [0.3, 0.4) is 0 Å². The Morgan fingerprint density at radius 1 is 0.550 bits per heavy atom. The predicted octanol–water partition coefficient (Wildman–Crippen LogP) is 4.99. The molecule has 1 aromatic carbocycles. The van der Waals surface area contributed by atoms with E-state index in [2.05, 4.69) is 0 Å². The number of alkyl halides is 10. The van der Waals surface area contributed by atoms with Gasteiger partial charge >= 0.3 is 24.2 Å². The molecular weight excluding hydrogens is 310 g/mol. The van der Waals surface area contributed by atoms with E-state index in [1.807, 2.05) is 0 Å². The first kappa shape index (κ1) is 16.6. The fourth-order valence-electron chi connectivity index (χ4n) is 1.23. The topological polar surface area (TPSA) is 0 Å². The zero-order valence-electron chi connectivity index (χ0n) is 9.09. The van der Waals surface area contributed by atoms with Gasteiger partial charge in [-0.15, -0.1) is 0 Å². The van der Waals surface area contributed by atoms with E-state index in [4.69, 9.17) is 0 Å². The first-order chi connectivity index (χ1) is 8.71. The number of halogens is 10. The molecule has 1 rings (SSSR count). The molecule has 0 radical (unpaired) electrons. The summed E-state index contributed by atoms with van der Waals surface area (Å²) >= 11 is 0. The molecule has 0 atom stereocenters. The summed E-state index contributed by atoms with van der Waals surface area (Å²) in [4.78, 5) is 0. The molecule has 0 heterocycles. The summed E-state index contributed by atoms with van der Waals surface area (Å²) in [5.41, 5.74) is -3.32. The molecule has 0 amide bonds. The first-order valence-electron chi connectivity index (χ1n) is 4.71. The summed E-state index contributed by atoms with van der Waals surface area (Å²) in [6, 6.07) is -0.254. The van der Waals surface area contributed by atoms with Crippen LogP contribution in [0.5, 0.6) is 0 Å². The van der Waals surface area contributed by atoms with Crippen molar-refractivity contribution in [2.24, 2.45) is 0 Å². The maximum atomic E-state index is 13.1. The van der Waals surface area contributed by atoms with Crippen molar-refractivity contribution in [1.29, 1.82) is 0 Å². The van der Waals surface area contributed by atoms with Gasteiger partial charge in [0.15, 0.2) is 0 Å². The van der Waals surface area contributed by atoms with E-state index in [1.54, 1.807) is 0 Å². The molecule has 10 heteroatoms. The third-order valence-corrected chi connectivity index (χ3v) is 2.33. The summed E-state index contributed by atoms with van der Waals surface area (Å²) in [5.74, 6) is -12.1. The quantitative estimate of drug-likeness (QED) is 0.674. The molecule has 0 N–H and O–H groups in total. The maximum Gasteiger partial charge on any atom is 0.460 e. The maximum absolute atomic E-state index is 13.1. The van der Waals surface area contributed by atoms with Crippen LogP contribution in [0.15, 0.2) is 24.3 Å². The SMILES string of the molecule is FC(F)(F)c1ccc(C(F)(F)C(F)(F)C(F)(F)F)cc1. The monoisotopic (exact) mass is 314 g/mol. The molecule has 0 aliphatic rings. The highest BCUT2D eigenvalue weighted by Crippen LogP contribution is 2.51. The van der Waals surface area contributed by atoms with Gasteiger partial charge < -0.3 is 0 Å². The highest BCUT2D eigenvalue weighted by molar-refractivity contribution is 5.29. The Bertz CT molecular complexity index is 464. The number of benzene rings is 1. The summed E-state index contributed by atoms with van der Waals surface area (Å²) in [5, 5.41) is 0. The van der Waals surface area contributed by atoms with Crippen LogP contribution < -0.4 is 0 Å². The van der Waals surface area contributed by atoms with Crippen LogP contribution in [0, 0.1) is 0 Å². The van der Waals surface area contributed by atoms with Crippen LogP contribution in [0.25, 0.3) is 0 Å². The smallest absolute Gasteiger partial charge is 0.194 e. The molecule has 0 aliphatic carbocycles. The minimum Gasteiger partial charge on any atom is -0.194 e. The lowest BCUT2D eigenvalue weighted by molar-refractivity contribution is -0.359. The summed E-state index contributed by atoms with van der Waals surface area (Å²) in [7, 11) is 0. The second kappa shape index (κ2) is 4.52. The average Bonchev–Trinajstić information content (AvgIpc) is 2.26. The zero-order chi connectivity index (χ0) is 16.0. The average molecular weight is 314 g/mol. The van der Waals surface area contributed by atoms with Gasteiger partial charge in [0.2, 0.25) is 0 Å². The molecular formula is C10H4F10. The molecule has 0 fully saturated rings. The fourth-order valence-corrected chi connectivity index (χ4v) is 1.23. The lowest BCUT2D eigenvalue weighted by Crippen LogP contribution is -2.50. The molecule has 114 valence electrons. The third kappa shape index (κ3) is 2.68.